The highest BCUT2D eigenvalue weighted by molar-refractivity contribution is 6.12. The van der Waals surface area contributed by atoms with E-state index in [1.54, 1.807) is 0 Å². The fourth-order valence-corrected chi connectivity index (χ4v) is 4.64. The van der Waals surface area contributed by atoms with Gasteiger partial charge in [-0.05, 0) is 67.7 Å². The fourth-order valence-electron chi connectivity index (χ4n) is 4.64. The summed E-state index contributed by atoms with van der Waals surface area (Å²) in [4.78, 5) is 15.1. The summed E-state index contributed by atoms with van der Waals surface area (Å²) in [5.41, 5.74) is 13.2. The Kier molecular flexibility index (Phi) is 6.35. The Balaban J connectivity index is 1.52. The van der Waals surface area contributed by atoms with Gasteiger partial charge in [0.15, 0.2) is 0 Å². The molecule has 0 spiro atoms. The van der Waals surface area contributed by atoms with Crippen LogP contribution >= 0.6 is 0 Å². The van der Waals surface area contributed by atoms with Gasteiger partial charge < -0.3 is 15.4 Å². The normalized spacial score (nSPS) is 19.0. The lowest BCUT2D eigenvalue weighted by Gasteiger charge is -2.40. The van der Waals surface area contributed by atoms with Crippen molar-refractivity contribution in [3.05, 3.63) is 81.0 Å². The van der Waals surface area contributed by atoms with Gasteiger partial charge in [-0.2, -0.15) is 5.26 Å². The largest absolute Gasteiger partial charge is 0.401 e. The van der Waals surface area contributed by atoms with Gasteiger partial charge in [-0.15, -0.1) is 0 Å². The molecule has 0 saturated carbocycles. The number of carbonyl (C=O) groups excluding carboxylic acids is 1. The highest BCUT2D eigenvalue weighted by atomic mass is 16.5. The minimum Gasteiger partial charge on any atom is -0.401 e. The number of hydrogen-bond acceptors (Lipinski definition) is 5. The molecule has 2 fully saturated rings. The maximum Gasteiger partial charge on any atom is 0.254 e. The summed E-state index contributed by atoms with van der Waals surface area (Å²) in [5.74, 6) is 0.423. The summed E-state index contributed by atoms with van der Waals surface area (Å²) in [6, 6.07) is 13.5. The molecule has 0 aliphatic carbocycles. The number of nitrogens with one attached hydrogen (secondary N) is 1. The SMILES string of the molecule is C/C(C(=N)c1cc(C(=O)N2CC(c3ccc(C#N)cc3)C2)c(C)cc1C)=C(/N)C1CCOC1. The molecule has 170 valence electrons. The number of nitrogens with zero attached hydrogens (tertiary/aromatic N) is 2. The Morgan fingerprint density at radius 2 is 1.82 bits per heavy atom. The number of ether oxygens (including phenoxy) is 1. The first-order chi connectivity index (χ1) is 15.8. The Labute approximate surface area is 195 Å². The summed E-state index contributed by atoms with van der Waals surface area (Å²) in [7, 11) is 0. The van der Waals surface area contributed by atoms with Crippen molar-refractivity contribution in [2.24, 2.45) is 11.7 Å². The molecule has 0 bridgehead atoms. The molecule has 3 N–H and O–H groups in total. The molecule has 2 aromatic carbocycles. The van der Waals surface area contributed by atoms with Crippen LogP contribution in [0.15, 0.2) is 47.7 Å². The van der Waals surface area contributed by atoms with E-state index in [0.717, 1.165) is 34.2 Å². The van der Waals surface area contributed by atoms with E-state index in [9.17, 15) is 4.79 Å². The van der Waals surface area contributed by atoms with Crippen LogP contribution in [0, 0.1) is 36.5 Å². The zero-order valence-electron chi connectivity index (χ0n) is 19.4. The zero-order chi connectivity index (χ0) is 23.7. The number of nitrogens with two attached hydrogens (primary N) is 1. The molecule has 0 aromatic heterocycles. The second kappa shape index (κ2) is 9.21. The first-order valence-corrected chi connectivity index (χ1v) is 11.3. The molecule has 2 aromatic rings. The number of likely N-dealkylation sites (tertiary alicyclic amines) is 1. The maximum absolute atomic E-state index is 13.3. The summed E-state index contributed by atoms with van der Waals surface area (Å²) in [6.45, 7) is 8.40. The minimum absolute atomic E-state index is 0.00903. The van der Waals surface area contributed by atoms with Gasteiger partial charge in [0.1, 0.15) is 0 Å². The van der Waals surface area contributed by atoms with Gasteiger partial charge >= 0.3 is 0 Å². The average molecular weight is 443 g/mol. The van der Waals surface area contributed by atoms with Gasteiger partial charge in [0.05, 0.1) is 24.0 Å². The van der Waals surface area contributed by atoms with Gasteiger partial charge in [-0.1, -0.05) is 18.2 Å². The molecule has 2 heterocycles. The highest BCUT2D eigenvalue weighted by Crippen LogP contribution is 2.30. The lowest BCUT2D eigenvalue weighted by molar-refractivity contribution is 0.0601. The molecule has 1 atom stereocenters. The van der Waals surface area contributed by atoms with E-state index in [0.29, 0.717) is 48.8 Å². The maximum atomic E-state index is 13.3. The first-order valence-electron chi connectivity index (χ1n) is 11.3. The summed E-state index contributed by atoms with van der Waals surface area (Å²) in [5, 5.41) is 17.8. The van der Waals surface area contributed by atoms with Crippen LogP contribution in [0.3, 0.4) is 0 Å². The predicted octanol–water partition coefficient (Wildman–Crippen LogP) is 4.05. The first kappa shape index (κ1) is 22.8. The van der Waals surface area contributed by atoms with Crippen LogP contribution in [0.2, 0.25) is 0 Å². The van der Waals surface area contributed by atoms with Crippen LogP contribution in [0.4, 0.5) is 0 Å². The Hall–Kier alpha value is -3.43. The number of carbonyl (C=O) groups is 1. The molecule has 6 nitrogen and oxygen atoms in total. The summed E-state index contributed by atoms with van der Waals surface area (Å²) < 4.78 is 5.45. The van der Waals surface area contributed by atoms with Crippen molar-refractivity contribution in [3.63, 3.8) is 0 Å². The fraction of sp³-hybridized carbons (Fsp3) is 0.370. The van der Waals surface area contributed by atoms with Crippen molar-refractivity contribution in [1.29, 1.82) is 10.7 Å². The molecule has 6 heteroatoms. The average Bonchev–Trinajstić information content (AvgIpc) is 3.32. The van der Waals surface area contributed by atoms with E-state index in [1.165, 1.54) is 0 Å². The van der Waals surface area contributed by atoms with E-state index in [1.807, 2.05) is 62.1 Å². The number of rotatable bonds is 5. The third-order valence-electron chi connectivity index (χ3n) is 6.93. The lowest BCUT2D eigenvalue weighted by Crippen LogP contribution is -2.48. The Morgan fingerprint density at radius 3 is 2.42 bits per heavy atom. The molecular weight excluding hydrogens is 412 g/mol. The second-order valence-corrected chi connectivity index (χ2v) is 9.14. The van der Waals surface area contributed by atoms with Crippen LogP contribution in [-0.4, -0.2) is 42.8 Å². The minimum atomic E-state index is -0.00903. The van der Waals surface area contributed by atoms with Crippen LogP contribution in [-0.2, 0) is 4.74 Å². The molecule has 33 heavy (non-hydrogen) atoms. The monoisotopic (exact) mass is 442 g/mol. The van der Waals surface area contributed by atoms with Gasteiger partial charge in [-0.25, -0.2) is 0 Å². The predicted molar refractivity (Wildman–Crippen MR) is 128 cm³/mol. The third kappa shape index (κ3) is 4.42. The molecule has 1 unspecified atom stereocenters. The third-order valence-corrected chi connectivity index (χ3v) is 6.93. The van der Waals surface area contributed by atoms with Gasteiger partial charge in [-0.3, -0.25) is 10.2 Å². The Bertz CT molecular complexity index is 1160. The summed E-state index contributed by atoms with van der Waals surface area (Å²) >= 11 is 0. The number of hydrogen-bond donors (Lipinski definition) is 2. The number of amides is 1. The van der Waals surface area contributed by atoms with Crippen molar-refractivity contribution in [2.75, 3.05) is 26.3 Å². The van der Waals surface area contributed by atoms with Crippen LogP contribution in [0.5, 0.6) is 0 Å². The molecule has 4 rings (SSSR count). The van der Waals surface area contributed by atoms with Crippen LogP contribution < -0.4 is 5.73 Å². The molecule has 2 aliphatic heterocycles. The number of nitriles is 1. The van der Waals surface area contributed by atoms with Crippen molar-refractivity contribution in [2.45, 2.75) is 33.1 Å². The van der Waals surface area contributed by atoms with Crippen LogP contribution in [0.1, 0.15) is 57.4 Å². The molecule has 2 aliphatic rings. The van der Waals surface area contributed by atoms with Crippen molar-refractivity contribution in [3.8, 4) is 6.07 Å². The van der Waals surface area contributed by atoms with Gasteiger partial charge in [0.2, 0.25) is 0 Å². The van der Waals surface area contributed by atoms with E-state index in [-0.39, 0.29) is 17.7 Å². The molecule has 0 radical (unpaired) electrons. The Morgan fingerprint density at radius 1 is 1.15 bits per heavy atom. The topological polar surface area (TPSA) is 103 Å². The smallest absolute Gasteiger partial charge is 0.254 e. The quantitative estimate of drug-likeness (QED) is 0.682. The van der Waals surface area contributed by atoms with Crippen LogP contribution in [0.25, 0.3) is 0 Å². The number of benzene rings is 2. The van der Waals surface area contributed by atoms with E-state index in [4.69, 9.17) is 21.1 Å². The zero-order valence-corrected chi connectivity index (χ0v) is 19.4. The van der Waals surface area contributed by atoms with E-state index >= 15 is 0 Å². The lowest BCUT2D eigenvalue weighted by atomic mass is 9.88. The number of allylic oxidation sites excluding steroid dienone is 1. The second-order valence-electron chi connectivity index (χ2n) is 9.14. The van der Waals surface area contributed by atoms with Gasteiger partial charge in [0.25, 0.3) is 5.91 Å². The van der Waals surface area contributed by atoms with E-state index < -0.39 is 0 Å². The standard InChI is InChI=1S/C27H30N4O2/c1-16-10-17(2)24(11-23(16)26(30)18(3)25(29)21-8-9-33-15-21)27(32)31-13-22(14-31)20-6-4-19(12-28)5-7-20/h4-7,10-11,21-22,30H,8-9,13-15,29H2,1-3H3/b25-18-,30-26?. The number of aryl methyl sites for hydroxylation is 2. The van der Waals surface area contributed by atoms with E-state index in [2.05, 4.69) is 6.07 Å². The molecular formula is C27H30N4O2. The van der Waals surface area contributed by atoms with Gasteiger partial charge in [0, 0.05) is 48.4 Å². The van der Waals surface area contributed by atoms with Crippen molar-refractivity contribution >= 4 is 11.6 Å². The van der Waals surface area contributed by atoms with Crippen molar-refractivity contribution < 1.29 is 9.53 Å². The molecule has 1 amide bonds. The summed E-state index contributed by atoms with van der Waals surface area (Å²) in [6.07, 6.45) is 0.877. The van der Waals surface area contributed by atoms with Crippen molar-refractivity contribution in [1.82, 2.24) is 4.90 Å². The highest BCUT2D eigenvalue weighted by Gasteiger charge is 2.33. The molecule has 2 saturated heterocycles.